The predicted molar refractivity (Wildman–Crippen MR) is 60.4 cm³/mol. The standard InChI is InChI=1S/C11H14BrN/c1-7-9(12)5-4-8-10(7)13-6-11(8,2)3/h4-5,13H,6H2,1-3H3. The van der Waals surface area contributed by atoms with Crippen molar-refractivity contribution in [1.29, 1.82) is 0 Å². The summed E-state index contributed by atoms with van der Waals surface area (Å²) < 4.78 is 1.19. The number of hydrogen-bond acceptors (Lipinski definition) is 1. The van der Waals surface area contributed by atoms with E-state index in [0.29, 0.717) is 0 Å². The molecule has 1 aromatic rings. The molecule has 0 saturated heterocycles. The Morgan fingerprint density at radius 1 is 1.38 bits per heavy atom. The van der Waals surface area contributed by atoms with Gasteiger partial charge in [0.05, 0.1) is 0 Å². The molecule has 0 spiro atoms. The van der Waals surface area contributed by atoms with Gasteiger partial charge >= 0.3 is 0 Å². The van der Waals surface area contributed by atoms with E-state index in [4.69, 9.17) is 0 Å². The minimum absolute atomic E-state index is 0.279. The van der Waals surface area contributed by atoms with E-state index in [0.717, 1.165) is 6.54 Å². The molecule has 0 amide bonds. The summed E-state index contributed by atoms with van der Waals surface area (Å²) in [5.74, 6) is 0. The SMILES string of the molecule is Cc1c(Br)ccc2c1NCC2(C)C. The minimum Gasteiger partial charge on any atom is -0.384 e. The zero-order valence-corrected chi connectivity index (χ0v) is 9.83. The van der Waals surface area contributed by atoms with Gasteiger partial charge in [0.15, 0.2) is 0 Å². The maximum Gasteiger partial charge on any atom is 0.0420 e. The number of rotatable bonds is 0. The third-order valence-corrected chi connectivity index (χ3v) is 3.69. The van der Waals surface area contributed by atoms with Crippen molar-refractivity contribution in [2.24, 2.45) is 0 Å². The first kappa shape index (κ1) is 9.07. The molecule has 13 heavy (non-hydrogen) atoms. The number of hydrogen-bond donors (Lipinski definition) is 1. The van der Waals surface area contributed by atoms with Gasteiger partial charge in [-0.15, -0.1) is 0 Å². The lowest BCUT2D eigenvalue weighted by Gasteiger charge is -2.17. The van der Waals surface area contributed by atoms with Crippen molar-refractivity contribution in [2.45, 2.75) is 26.2 Å². The largest absolute Gasteiger partial charge is 0.384 e. The van der Waals surface area contributed by atoms with Crippen molar-refractivity contribution in [2.75, 3.05) is 11.9 Å². The van der Waals surface area contributed by atoms with Crippen LogP contribution in [0.4, 0.5) is 5.69 Å². The second-order valence-electron chi connectivity index (χ2n) is 4.33. The molecule has 0 radical (unpaired) electrons. The topological polar surface area (TPSA) is 12.0 Å². The van der Waals surface area contributed by atoms with E-state index in [1.54, 1.807) is 0 Å². The van der Waals surface area contributed by atoms with Crippen molar-refractivity contribution >= 4 is 21.6 Å². The van der Waals surface area contributed by atoms with Gasteiger partial charge in [0.25, 0.3) is 0 Å². The van der Waals surface area contributed by atoms with Crippen LogP contribution < -0.4 is 5.32 Å². The van der Waals surface area contributed by atoms with Crippen LogP contribution in [0.5, 0.6) is 0 Å². The van der Waals surface area contributed by atoms with E-state index >= 15 is 0 Å². The van der Waals surface area contributed by atoms with Crippen LogP contribution in [0.2, 0.25) is 0 Å². The van der Waals surface area contributed by atoms with E-state index in [2.05, 4.69) is 54.2 Å². The van der Waals surface area contributed by atoms with E-state index in [9.17, 15) is 0 Å². The Hall–Kier alpha value is -0.500. The van der Waals surface area contributed by atoms with Crippen LogP contribution in [0.3, 0.4) is 0 Å². The lowest BCUT2D eigenvalue weighted by atomic mass is 9.86. The van der Waals surface area contributed by atoms with Gasteiger partial charge < -0.3 is 5.32 Å². The molecule has 1 aromatic carbocycles. The molecule has 1 N–H and O–H groups in total. The van der Waals surface area contributed by atoms with Crippen molar-refractivity contribution in [1.82, 2.24) is 0 Å². The molecule has 1 nitrogen and oxygen atoms in total. The van der Waals surface area contributed by atoms with Crippen LogP contribution in [0.1, 0.15) is 25.0 Å². The van der Waals surface area contributed by atoms with Crippen LogP contribution in [0.25, 0.3) is 0 Å². The van der Waals surface area contributed by atoms with Gasteiger partial charge in [-0.2, -0.15) is 0 Å². The molecule has 0 fully saturated rings. The van der Waals surface area contributed by atoms with Gasteiger partial charge in [-0.1, -0.05) is 35.8 Å². The Morgan fingerprint density at radius 3 is 2.77 bits per heavy atom. The number of fused-ring (bicyclic) bond motifs is 1. The molecule has 2 rings (SSSR count). The smallest absolute Gasteiger partial charge is 0.0420 e. The highest BCUT2D eigenvalue weighted by Crippen LogP contribution is 2.40. The fourth-order valence-corrected chi connectivity index (χ4v) is 2.21. The molecule has 0 atom stereocenters. The Morgan fingerprint density at radius 2 is 2.08 bits per heavy atom. The minimum atomic E-state index is 0.279. The lowest BCUT2D eigenvalue weighted by molar-refractivity contribution is 0.586. The van der Waals surface area contributed by atoms with Crippen LogP contribution in [0, 0.1) is 6.92 Å². The fourth-order valence-electron chi connectivity index (χ4n) is 1.88. The van der Waals surface area contributed by atoms with Gasteiger partial charge in [0, 0.05) is 22.1 Å². The quantitative estimate of drug-likeness (QED) is 0.732. The molecule has 0 unspecified atom stereocenters. The Bertz CT molecular complexity index is 355. The van der Waals surface area contributed by atoms with Crippen molar-refractivity contribution in [3.8, 4) is 0 Å². The molecule has 0 bridgehead atoms. The Balaban J connectivity index is 2.64. The van der Waals surface area contributed by atoms with E-state index < -0.39 is 0 Å². The second kappa shape index (κ2) is 2.74. The molecule has 0 saturated carbocycles. The van der Waals surface area contributed by atoms with Gasteiger partial charge in [-0.25, -0.2) is 0 Å². The summed E-state index contributed by atoms with van der Waals surface area (Å²) in [5, 5.41) is 3.47. The molecule has 2 heteroatoms. The maximum absolute atomic E-state index is 3.55. The monoisotopic (exact) mass is 239 g/mol. The zero-order chi connectivity index (χ0) is 9.64. The van der Waals surface area contributed by atoms with Gasteiger partial charge in [-0.3, -0.25) is 0 Å². The molecule has 1 aliphatic rings. The zero-order valence-electron chi connectivity index (χ0n) is 8.24. The summed E-state index contributed by atoms with van der Waals surface area (Å²) in [7, 11) is 0. The number of anilines is 1. The molecule has 1 aliphatic heterocycles. The lowest BCUT2D eigenvalue weighted by Crippen LogP contribution is -2.18. The van der Waals surface area contributed by atoms with Crippen LogP contribution in [0.15, 0.2) is 16.6 Å². The average Bonchev–Trinajstić information content (AvgIpc) is 2.35. The molecular formula is C11H14BrN. The highest BCUT2D eigenvalue weighted by molar-refractivity contribution is 9.10. The van der Waals surface area contributed by atoms with Crippen molar-refractivity contribution < 1.29 is 0 Å². The van der Waals surface area contributed by atoms with E-state index in [-0.39, 0.29) is 5.41 Å². The summed E-state index contributed by atoms with van der Waals surface area (Å²) >= 11 is 3.55. The first-order valence-electron chi connectivity index (χ1n) is 4.56. The molecular weight excluding hydrogens is 226 g/mol. The maximum atomic E-state index is 3.55. The van der Waals surface area contributed by atoms with Gasteiger partial charge in [0.2, 0.25) is 0 Å². The number of halogens is 1. The van der Waals surface area contributed by atoms with E-state index in [1.807, 2.05) is 0 Å². The fraction of sp³-hybridized carbons (Fsp3) is 0.455. The van der Waals surface area contributed by atoms with Crippen LogP contribution in [-0.2, 0) is 5.41 Å². The Labute approximate surface area is 87.7 Å². The highest BCUT2D eigenvalue weighted by Gasteiger charge is 2.30. The van der Waals surface area contributed by atoms with Crippen molar-refractivity contribution in [3.63, 3.8) is 0 Å². The summed E-state index contributed by atoms with van der Waals surface area (Å²) in [6, 6.07) is 4.36. The predicted octanol–water partition coefficient (Wildman–Crippen LogP) is 3.46. The normalized spacial score (nSPS) is 18.2. The first-order valence-corrected chi connectivity index (χ1v) is 5.35. The van der Waals surface area contributed by atoms with E-state index in [1.165, 1.54) is 21.3 Å². The van der Waals surface area contributed by atoms with Gasteiger partial charge in [-0.05, 0) is 24.1 Å². The average molecular weight is 240 g/mol. The van der Waals surface area contributed by atoms with Crippen LogP contribution >= 0.6 is 15.9 Å². The third-order valence-electron chi connectivity index (χ3n) is 2.84. The number of benzene rings is 1. The second-order valence-corrected chi connectivity index (χ2v) is 5.19. The summed E-state index contributed by atoms with van der Waals surface area (Å²) in [5.41, 5.74) is 4.36. The molecule has 70 valence electrons. The third kappa shape index (κ3) is 1.28. The summed E-state index contributed by atoms with van der Waals surface area (Å²) in [6.07, 6.45) is 0. The first-order chi connectivity index (χ1) is 6.02. The van der Waals surface area contributed by atoms with Gasteiger partial charge in [0.1, 0.15) is 0 Å². The Kier molecular flexibility index (Phi) is 1.91. The van der Waals surface area contributed by atoms with Crippen LogP contribution in [-0.4, -0.2) is 6.54 Å². The van der Waals surface area contributed by atoms with Crippen molar-refractivity contribution in [3.05, 3.63) is 27.7 Å². The summed E-state index contributed by atoms with van der Waals surface area (Å²) in [6.45, 7) is 7.75. The molecule has 0 aliphatic carbocycles. The number of nitrogens with one attached hydrogen (secondary N) is 1. The molecule has 0 aromatic heterocycles. The highest BCUT2D eigenvalue weighted by atomic mass is 79.9. The summed E-state index contributed by atoms with van der Waals surface area (Å²) in [4.78, 5) is 0. The molecule has 1 heterocycles.